The summed E-state index contributed by atoms with van der Waals surface area (Å²) < 4.78 is 19.1. The molecular formula is C27H30N9O5S+. The number of aromatic nitrogens is 5. The van der Waals surface area contributed by atoms with Crippen molar-refractivity contribution < 1.29 is 24.2 Å². The number of hydrogen-bond donors (Lipinski definition) is 3. The van der Waals surface area contributed by atoms with E-state index in [9.17, 15) is 9.59 Å². The van der Waals surface area contributed by atoms with Gasteiger partial charge in [0, 0.05) is 31.6 Å². The number of ether oxygens (including phenoxy) is 1. The van der Waals surface area contributed by atoms with Crippen LogP contribution in [0.5, 0.6) is 0 Å². The molecule has 1 saturated carbocycles. The number of fused-ring (bicyclic) bond motifs is 2. The fourth-order valence-electron chi connectivity index (χ4n) is 5.71. The molecule has 0 bridgehead atoms. The quantitative estimate of drug-likeness (QED) is 0.247. The molecular weight excluding hydrogens is 562 g/mol. The van der Waals surface area contributed by atoms with Gasteiger partial charge in [-0.05, 0) is 12.8 Å². The van der Waals surface area contributed by atoms with Crippen LogP contribution in [0.4, 0.5) is 10.9 Å². The summed E-state index contributed by atoms with van der Waals surface area (Å²) in [5, 5.41) is 16.8. The van der Waals surface area contributed by atoms with Crippen molar-refractivity contribution in [3.05, 3.63) is 52.0 Å². The minimum absolute atomic E-state index is 0.130. The number of morpholine rings is 1. The zero-order chi connectivity index (χ0) is 28.8. The summed E-state index contributed by atoms with van der Waals surface area (Å²) in [4.78, 5) is 32.4. The number of primary amides is 1. The number of furan rings is 1. The monoisotopic (exact) mass is 592 g/mol. The maximum Gasteiger partial charge on any atom is 0.254 e. The Kier molecular flexibility index (Phi) is 6.84. The van der Waals surface area contributed by atoms with E-state index in [1.807, 2.05) is 0 Å². The van der Waals surface area contributed by atoms with Crippen molar-refractivity contribution in [3.63, 3.8) is 0 Å². The fourth-order valence-corrected chi connectivity index (χ4v) is 6.90. The summed E-state index contributed by atoms with van der Waals surface area (Å²) in [5.74, 6) is 0.292. The molecule has 1 saturated heterocycles. The maximum absolute atomic E-state index is 12.9. The molecule has 5 aromatic heterocycles. The molecule has 0 radical (unpaired) electrons. The molecule has 0 unspecified atom stereocenters. The number of quaternary nitrogens is 1. The van der Waals surface area contributed by atoms with Gasteiger partial charge in [-0.25, -0.2) is 4.98 Å². The smallest absolute Gasteiger partial charge is 0.254 e. The minimum atomic E-state index is -0.671. The first-order chi connectivity index (χ1) is 20.5. The van der Waals surface area contributed by atoms with Crippen molar-refractivity contribution in [2.24, 2.45) is 5.73 Å². The SMILES string of the molecule is NC(=O)c1c(Cc2cc(-c3coc4c(=O)cc(N5CCOCC5)sc34)no2)nc(N[C@H]2CCCC[C@H]2[NH3+])n2cnnc12. The van der Waals surface area contributed by atoms with Crippen LogP contribution >= 0.6 is 11.3 Å². The van der Waals surface area contributed by atoms with Crippen LogP contribution in [0.25, 0.3) is 27.2 Å². The third-order valence-electron chi connectivity index (χ3n) is 7.93. The second-order valence-corrected chi connectivity index (χ2v) is 11.7. The highest BCUT2D eigenvalue weighted by Crippen LogP contribution is 2.36. The first kappa shape index (κ1) is 26.6. The molecule has 6 heterocycles. The van der Waals surface area contributed by atoms with E-state index in [1.54, 1.807) is 16.5 Å². The van der Waals surface area contributed by atoms with Gasteiger partial charge in [0.05, 0.1) is 46.6 Å². The van der Waals surface area contributed by atoms with E-state index in [1.165, 1.54) is 23.9 Å². The van der Waals surface area contributed by atoms with Gasteiger partial charge in [0.2, 0.25) is 11.4 Å². The number of carbonyl (C=O) groups excluding carboxylic acids is 1. The van der Waals surface area contributed by atoms with Gasteiger partial charge in [-0.3, -0.25) is 14.0 Å². The molecule has 1 aliphatic carbocycles. The summed E-state index contributed by atoms with van der Waals surface area (Å²) >= 11 is 1.47. The standard InChI is InChI=1S/C27H29N9O5S/c28-16-3-1-2-4-17(16)31-27-32-19(22(25(29)38)26-33-30-13-36(26)27)10-14-9-18(34-41-14)15-12-40-23-20(37)11-21(42-24(15)23)35-5-7-39-8-6-35/h9,11-13,16-17H,1-8,10,28H2,(H2,29,38)(H,31,32)/p+1/t16-,17+/m1/s1. The lowest BCUT2D eigenvalue weighted by Gasteiger charge is -2.27. The van der Waals surface area contributed by atoms with E-state index >= 15 is 0 Å². The van der Waals surface area contributed by atoms with Gasteiger partial charge in [0.15, 0.2) is 11.2 Å². The van der Waals surface area contributed by atoms with E-state index in [4.69, 9.17) is 24.4 Å². The average Bonchev–Trinajstić information content (AvgIpc) is 3.75. The highest BCUT2D eigenvalue weighted by Gasteiger charge is 2.28. The number of nitrogens with two attached hydrogens (primary N) is 1. The number of carbonyl (C=O) groups is 1. The predicted octanol–water partition coefficient (Wildman–Crippen LogP) is 1.44. The van der Waals surface area contributed by atoms with Gasteiger partial charge in [-0.1, -0.05) is 11.6 Å². The summed E-state index contributed by atoms with van der Waals surface area (Å²) in [6.45, 7) is 2.64. The zero-order valence-corrected chi connectivity index (χ0v) is 23.6. The van der Waals surface area contributed by atoms with Crippen molar-refractivity contribution in [2.75, 3.05) is 36.5 Å². The highest BCUT2D eigenvalue weighted by atomic mass is 32.1. The molecule has 5 aromatic rings. The molecule has 6 N–H and O–H groups in total. The van der Waals surface area contributed by atoms with Crippen molar-refractivity contribution in [2.45, 2.75) is 44.2 Å². The summed E-state index contributed by atoms with van der Waals surface area (Å²) in [6.07, 6.45) is 7.41. The third kappa shape index (κ3) is 4.78. The molecule has 1 aliphatic heterocycles. The first-order valence-corrected chi connectivity index (χ1v) is 14.7. The van der Waals surface area contributed by atoms with Crippen LogP contribution in [0.15, 0.2) is 38.5 Å². The average molecular weight is 593 g/mol. The first-order valence-electron chi connectivity index (χ1n) is 13.9. The molecule has 1 amide bonds. The Hall–Kier alpha value is -4.34. The molecule has 0 spiro atoms. The van der Waals surface area contributed by atoms with Crippen LogP contribution in [0.1, 0.15) is 47.5 Å². The number of rotatable bonds is 7. The van der Waals surface area contributed by atoms with Gasteiger partial charge in [-0.2, -0.15) is 0 Å². The van der Waals surface area contributed by atoms with E-state index in [-0.39, 0.29) is 35.1 Å². The number of amides is 1. The summed E-state index contributed by atoms with van der Waals surface area (Å²) in [5.41, 5.74) is 12.2. The Bertz CT molecular complexity index is 1840. The van der Waals surface area contributed by atoms with E-state index < -0.39 is 5.91 Å². The Morgan fingerprint density at radius 2 is 2.05 bits per heavy atom. The van der Waals surface area contributed by atoms with Crippen LogP contribution in [-0.2, 0) is 11.2 Å². The third-order valence-corrected chi connectivity index (χ3v) is 9.12. The van der Waals surface area contributed by atoms with Gasteiger partial charge in [-0.15, -0.1) is 21.5 Å². The van der Waals surface area contributed by atoms with Crippen LogP contribution < -0.4 is 27.1 Å². The van der Waals surface area contributed by atoms with E-state index in [0.717, 1.165) is 30.7 Å². The predicted molar refractivity (Wildman–Crippen MR) is 154 cm³/mol. The molecule has 14 nitrogen and oxygen atoms in total. The second kappa shape index (κ2) is 10.8. The second-order valence-electron chi connectivity index (χ2n) is 10.7. The molecule has 7 rings (SSSR count). The van der Waals surface area contributed by atoms with Crippen LogP contribution in [0.2, 0.25) is 0 Å². The summed E-state index contributed by atoms with van der Waals surface area (Å²) in [7, 11) is 0. The molecule has 42 heavy (non-hydrogen) atoms. The highest BCUT2D eigenvalue weighted by molar-refractivity contribution is 7.22. The number of anilines is 2. The van der Waals surface area contributed by atoms with Crippen molar-refractivity contribution >= 4 is 44.1 Å². The van der Waals surface area contributed by atoms with Crippen molar-refractivity contribution in [1.82, 2.24) is 24.7 Å². The Morgan fingerprint density at radius 1 is 1.21 bits per heavy atom. The maximum atomic E-state index is 12.9. The molecule has 2 aliphatic rings. The zero-order valence-electron chi connectivity index (χ0n) is 22.7. The number of hydrogen-bond acceptors (Lipinski definition) is 12. The Morgan fingerprint density at radius 3 is 2.86 bits per heavy atom. The van der Waals surface area contributed by atoms with E-state index in [0.29, 0.717) is 65.3 Å². The van der Waals surface area contributed by atoms with Crippen LogP contribution in [0, 0.1) is 0 Å². The minimum Gasteiger partial charge on any atom is -0.459 e. The molecule has 2 atom stereocenters. The van der Waals surface area contributed by atoms with Gasteiger partial charge < -0.3 is 35.4 Å². The lowest BCUT2D eigenvalue weighted by atomic mass is 9.91. The van der Waals surface area contributed by atoms with Gasteiger partial charge in [0.1, 0.15) is 35.6 Å². The van der Waals surface area contributed by atoms with Crippen LogP contribution in [0.3, 0.4) is 0 Å². The number of nitrogens with zero attached hydrogens (tertiary/aromatic N) is 6. The van der Waals surface area contributed by atoms with Crippen molar-refractivity contribution in [1.29, 1.82) is 0 Å². The van der Waals surface area contributed by atoms with Crippen molar-refractivity contribution in [3.8, 4) is 11.3 Å². The Labute approximate surface area is 242 Å². The van der Waals surface area contributed by atoms with Gasteiger partial charge in [0.25, 0.3) is 5.91 Å². The Balaban J connectivity index is 1.23. The largest absolute Gasteiger partial charge is 0.459 e. The van der Waals surface area contributed by atoms with Gasteiger partial charge >= 0.3 is 0 Å². The molecule has 218 valence electrons. The molecule has 15 heteroatoms. The molecule has 2 fully saturated rings. The lowest BCUT2D eigenvalue weighted by Crippen LogP contribution is -2.68. The van der Waals surface area contributed by atoms with E-state index in [2.05, 4.69) is 31.3 Å². The van der Waals surface area contributed by atoms with Crippen LogP contribution in [-0.4, -0.2) is 69.0 Å². The normalized spacial score (nSPS) is 19.5. The fraction of sp³-hybridized carbons (Fsp3) is 0.407. The number of nitrogens with one attached hydrogen (secondary N) is 1. The molecule has 0 aromatic carbocycles. The topological polar surface area (TPSA) is 195 Å². The lowest BCUT2D eigenvalue weighted by molar-refractivity contribution is -0.427. The summed E-state index contributed by atoms with van der Waals surface area (Å²) in [6, 6.07) is 3.72.